The largest absolute Gasteiger partial charge is 0.493 e. The summed E-state index contributed by atoms with van der Waals surface area (Å²) in [5, 5.41) is 3.95. The highest BCUT2D eigenvalue weighted by Crippen LogP contribution is 2.28. The zero-order chi connectivity index (χ0) is 26.4. The van der Waals surface area contributed by atoms with E-state index >= 15 is 0 Å². The molecule has 1 aromatic heterocycles. The van der Waals surface area contributed by atoms with E-state index < -0.39 is 0 Å². The van der Waals surface area contributed by atoms with Crippen molar-refractivity contribution in [3.05, 3.63) is 105 Å². The molecule has 1 heterocycles. The van der Waals surface area contributed by atoms with Gasteiger partial charge in [0.15, 0.2) is 11.5 Å². The maximum Gasteiger partial charge on any atom is 0.317 e. The number of H-pyrrole nitrogens is 1. The number of carbonyl (C=O) groups excluding carboxylic acids is 1. The fraction of sp³-hybridized carbons (Fsp3) is 0.267. The van der Waals surface area contributed by atoms with Crippen LogP contribution in [0.25, 0.3) is 10.9 Å². The third-order valence-electron chi connectivity index (χ3n) is 6.59. The number of benzene rings is 3. The van der Waals surface area contributed by atoms with Gasteiger partial charge >= 0.3 is 6.03 Å². The number of hydrogen-bond acceptors (Lipinski definition) is 4. The van der Waals surface area contributed by atoms with Crippen LogP contribution in [0.15, 0.2) is 71.5 Å². The summed E-state index contributed by atoms with van der Waals surface area (Å²) in [5.74, 6) is 1.29. The molecule has 0 fully saturated rings. The number of aromatic nitrogens is 1. The van der Waals surface area contributed by atoms with Gasteiger partial charge in [-0.05, 0) is 78.2 Å². The van der Waals surface area contributed by atoms with Crippen LogP contribution in [0, 0.1) is 13.8 Å². The fourth-order valence-corrected chi connectivity index (χ4v) is 4.28. The molecule has 0 atom stereocenters. The van der Waals surface area contributed by atoms with Crippen molar-refractivity contribution in [1.82, 2.24) is 15.2 Å². The Balaban J connectivity index is 1.58. The molecular weight excluding hydrogens is 466 g/mol. The number of aryl methyl sites for hydroxylation is 2. The molecule has 0 bridgehead atoms. The Morgan fingerprint density at radius 2 is 1.62 bits per heavy atom. The van der Waals surface area contributed by atoms with E-state index in [1.165, 1.54) is 0 Å². The van der Waals surface area contributed by atoms with Crippen LogP contribution in [0.1, 0.15) is 27.8 Å². The van der Waals surface area contributed by atoms with Crippen LogP contribution in [0.4, 0.5) is 4.79 Å². The molecule has 3 aromatic carbocycles. The Hall–Kier alpha value is -4.26. The Morgan fingerprint density at radius 3 is 2.35 bits per heavy atom. The number of rotatable bonds is 9. The summed E-state index contributed by atoms with van der Waals surface area (Å²) in [7, 11) is 3.19. The number of urea groups is 1. The first-order valence-corrected chi connectivity index (χ1v) is 12.3. The fourth-order valence-electron chi connectivity index (χ4n) is 4.28. The van der Waals surface area contributed by atoms with Crippen LogP contribution in [0.5, 0.6) is 11.5 Å². The van der Waals surface area contributed by atoms with Gasteiger partial charge in [0.05, 0.1) is 20.8 Å². The molecule has 7 heteroatoms. The number of fused-ring (bicyclic) bond motifs is 1. The lowest BCUT2D eigenvalue weighted by atomic mass is 10.0. The van der Waals surface area contributed by atoms with E-state index in [0.29, 0.717) is 36.6 Å². The molecule has 7 nitrogen and oxygen atoms in total. The highest BCUT2D eigenvalue weighted by Gasteiger charge is 2.17. The molecule has 2 amide bonds. The Kier molecular flexibility index (Phi) is 8.13. The third-order valence-corrected chi connectivity index (χ3v) is 6.59. The summed E-state index contributed by atoms with van der Waals surface area (Å²) >= 11 is 0. The molecule has 2 N–H and O–H groups in total. The molecule has 0 aliphatic carbocycles. The van der Waals surface area contributed by atoms with Crippen LogP contribution < -0.4 is 20.3 Å². The first-order chi connectivity index (χ1) is 17.9. The molecule has 0 aliphatic rings. The summed E-state index contributed by atoms with van der Waals surface area (Å²) < 4.78 is 10.8. The second kappa shape index (κ2) is 11.6. The highest BCUT2D eigenvalue weighted by atomic mass is 16.5. The number of ether oxygens (including phenoxy) is 2. The van der Waals surface area contributed by atoms with Gasteiger partial charge in [0.1, 0.15) is 0 Å². The van der Waals surface area contributed by atoms with E-state index in [9.17, 15) is 9.59 Å². The van der Waals surface area contributed by atoms with Gasteiger partial charge in [0.2, 0.25) is 0 Å². The lowest BCUT2D eigenvalue weighted by molar-refractivity contribution is 0.195. The van der Waals surface area contributed by atoms with Crippen molar-refractivity contribution in [2.75, 3.05) is 20.8 Å². The molecular formula is C30H33N3O4. The first-order valence-electron chi connectivity index (χ1n) is 12.3. The van der Waals surface area contributed by atoms with Gasteiger partial charge < -0.3 is 24.7 Å². The number of methoxy groups -OCH3 is 2. The number of amides is 2. The molecule has 0 saturated heterocycles. The molecule has 192 valence electrons. The number of nitrogens with zero attached hydrogens (tertiary/aromatic N) is 1. The average molecular weight is 500 g/mol. The predicted octanol–water partition coefficient (Wildman–Crippen LogP) is 5.12. The van der Waals surface area contributed by atoms with Gasteiger partial charge in [0.25, 0.3) is 5.56 Å². The normalized spacial score (nSPS) is 10.8. The molecule has 0 aliphatic heterocycles. The van der Waals surface area contributed by atoms with Gasteiger partial charge in [0, 0.05) is 24.2 Å². The van der Waals surface area contributed by atoms with E-state index in [1.807, 2.05) is 74.5 Å². The topological polar surface area (TPSA) is 83.7 Å². The number of pyridine rings is 1. The van der Waals surface area contributed by atoms with E-state index in [0.717, 1.165) is 33.2 Å². The predicted molar refractivity (Wildman–Crippen MR) is 146 cm³/mol. The van der Waals surface area contributed by atoms with E-state index in [1.54, 1.807) is 19.1 Å². The standard InChI is InChI=1S/C30H33N3O4/c1-20-14-24-17-25(29(34)32-26(24)15-21(20)2)19-33(30(35)31-18-23-8-6-5-7-9-23)13-12-22-10-11-27(36-3)28(16-22)37-4/h5-11,14-17H,12-13,18-19H2,1-4H3,(H,31,35)(H,32,34). The van der Waals surface area contributed by atoms with Crippen molar-refractivity contribution < 1.29 is 14.3 Å². The van der Waals surface area contributed by atoms with Crippen LogP contribution in [-0.4, -0.2) is 36.7 Å². The van der Waals surface area contributed by atoms with Crippen LogP contribution in [0.3, 0.4) is 0 Å². The minimum atomic E-state index is -0.232. The lowest BCUT2D eigenvalue weighted by Crippen LogP contribution is -2.41. The van der Waals surface area contributed by atoms with Gasteiger partial charge in [-0.25, -0.2) is 4.79 Å². The van der Waals surface area contributed by atoms with Crippen LogP contribution >= 0.6 is 0 Å². The van der Waals surface area contributed by atoms with E-state index in [2.05, 4.69) is 16.4 Å². The highest BCUT2D eigenvalue weighted by molar-refractivity contribution is 5.81. The van der Waals surface area contributed by atoms with Crippen molar-refractivity contribution in [3.8, 4) is 11.5 Å². The maximum absolute atomic E-state index is 13.3. The Morgan fingerprint density at radius 1 is 0.892 bits per heavy atom. The molecule has 0 spiro atoms. The van der Waals surface area contributed by atoms with Gasteiger partial charge in [-0.2, -0.15) is 0 Å². The minimum absolute atomic E-state index is 0.187. The molecule has 4 rings (SSSR count). The second-order valence-electron chi connectivity index (χ2n) is 9.15. The monoisotopic (exact) mass is 499 g/mol. The van der Waals surface area contributed by atoms with Gasteiger partial charge in [-0.1, -0.05) is 36.4 Å². The van der Waals surface area contributed by atoms with Crippen LogP contribution in [-0.2, 0) is 19.5 Å². The second-order valence-corrected chi connectivity index (χ2v) is 9.15. The summed E-state index contributed by atoms with van der Waals surface area (Å²) in [6.45, 7) is 5.08. The number of nitrogens with one attached hydrogen (secondary N) is 2. The van der Waals surface area contributed by atoms with Crippen molar-refractivity contribution in [2.24, 2.45) is 0 Å². The zero-order valence-corrected chi connectivity index (χ0v) is 21.8. The van der Waals surface area contributed by atoms with Crippen molar-refractivity contribution in [2.45, 2.75) is 33.4 Å². The number of carbonyl (C=O) groups is 1. The van der Waals surface area contributed by atoms with E-state index in [-0.39, 0.29) is 18.1 Å². The van der Waals surface area contributed by atoms with Crippen molar-refractivity contribution in [3.63, 3.8) is 0 Å². The lowest BCUT2D eigenvalue weighted by Gasteiger charge is -2.23. The summed E-state index contributed by atoms with van der Waals surface area (Å²) in [6.07, 6.45) is 0.586. The Bertz CT molecular complexity index is 1450. The molecule has 37 heavy (non-hydrogen) atoms. The molecule has 0 radical (unpaired) electrons. The first kappa shape index (κ1) is 25.8. The van der Waals surface area contributed by atoms with Crippen molar-refractivity contribution in [1.29, 1.82) is 0 Å². The van der Waals surface area contributed by atoms with E-state index in [4.69, 9.17) is 9.47 Å². The van der Waals surface area contributed by atoms with Crippen LogP contribution in [0.2, 0.25) is 0 Å². The summed E-state index contributed by atoms with van der Waals surface area (Å²) in [4.78, 5) is 30.9. The minimum Gasteiger partial charge on any atom is -0.493 e. The Labute approximate surface area is 217 Å². The smallest absolute Gasteiger partial charge is 0.317 e. The molecule has 0 unspecified atom stereocenters. The zero-order valence-electron chi connectivity index (χ0n) is 21.8. The number of hydrogen-bond donors (Lipinski definition) is 2. The molecule has 0 saturated carbocycles. The number of aromatic amines is 1. The van der Waals surface area contributed by atoms with Gasteiger partial charge in [-0.3, -0.25) is 4.79 Å². The third kappa shape index (κ3) is 6.30. The summed E-state index contributed by atoms with van der Waals surface area (Å²) in [5.41, 5.74) is 5.41. The average Bonchev–Trinajstić information content (AvgIpc) is 2.91. The summed E-state index contributed by atoms with van der Waals surface area (Å²) in [6, 6.07) is 21.2. The van der Waals surface area contributed by atoms with Crippen molar-refractivity contribution >= 4 is 16.9 Å². The SMILES string of the molecule is COc1ccc(CCN(Cc2cc3cc(C)c(C)cc3[nH]c2=O)C(=O)NCc2ccccc2)cc1OC. The maximum atomic E-state index is 13.3. The van der Waals surface area contributed by atoms with Gasteiger partial charge in [-0.15, -0.1) is 0 Å². The quantitative estimate of drug-likeness (QED) is 0.335. The molecule has 4 aromatic rings.